The summed E-state index contributed by atoms with van der Waals surface area (Å²) in [6, 6.07) is 15.5. The third-order valence-electron chi connectivity index (χ3n) is 3.20. The van der Waals surface area contributed by atoms with E-state index in [1.807, 2.05) is 6.07 Å². The number of carbonyl (C=O) groups is 1. The zero-order valence-corrected chi connectivity index (χ0v) is 12.3. The van der Waals surface area contributed by atoms with Crippen molar-refractivity contribution in [3.8, 4) is 11.4 Å². The van der Waals surface area contributed by atoms with Gasteiger partial charge in [-0.05, 0) is 36.4 Å². The molecule has 0 radical (unpaired) electrons. The number of H-pyrrole nitrogens is 1. The highest BCUT2D eigenvalue weighted by atomic mass is 16.5. The number of aromatic amines is 1. The van der Waals surface area contributed by atoms with E-state index in [-0.39, 0.29) is 11.9 Å². The summed E-state index contributed by atoms with van der Waals surface area (Å²) in [6.07, 6.45) is 0. The molecule has 3 rings (SSSR count). The highest BCUT2D eigenvalue weighted by molar-refractivity contribution is 6.03. The van der Waals surface area contributed by atoms with Crippen molar-refractivity contribution >= 4 is 11.9 Å². The summed E-state index contributed by atoms with van der Waals surface area (Å²) in [5.74, 6) is 0.413. The molecule has 0 aliphatic rings. The first-order valence-electron chi connectivity index (χ1n) is 6.87. The standard InChI is InChI=1S/C16H14N4O3/c1-23-13-9-7-12(8-10-13)20-16(22)18-15(19-20)17-14(21)11-5-3-2-4-6-11/h2-10H,1H3,(H2,17,18,19,21,22). The molecule has 2 N–H and O–H groups in total. The molecule has 1 heterocycles. The molecule has 0 aliphatic carbocycles. The van der Waals surface area contributed by atoms with E-state index in [1.165, 1.54) is 4.68 Å². The monoisotopic (exact) mass is 310 g/mol. The molecule has 1 amide bonds. The van der Waals surface area contributed by atoms with Gasteiger partial charge in [-0.3, -0.25) is 15.1 Å². The maximum absolute atomic E-state index is 12.1. The van der Waals surface area contributed by atoms with E-state index in [2.05, 4.69) is 15.4 Å². The van der Waals surface area contributed by atoms with E-state index in [0.717, 1.165) is 0 Å². The van der Waals surface area contributed by atoms with Crippen LogP contribution in [0.4, 0.5) is 5.95 Å². The first-order valence-corrected chi connectivity index (χ1v) is 6.87. The highest BCUT2D eigenvalue weighted by Gasteiger charge is 2.11. The van der Waals surface area contributed by atoms with Crippen molar-refractivity contribution in [3.05, 3.63) is 70.6 Å². The van der Waals surface area contributed by atoms with Gasteiger partial charge in [0, 0.05) is 5.56 Å². The number of carbonyl (C=O) groups excluding carboxylic acids is 1. The van der Waals surface area contributed by atoms with Gasteiger partial charge in [0.05, 0.1) is 12.8 Å². The summed E-state index contributed by atoms with van der Waals surface area (Å²) in [4.78, 5) is 26.5. The maximum Gasteiger partial charge on any atom is 0.349 e. The molecule has 0 fully saturated rings. The Hall–Kier alpha value is -3.35. The van der Waals surface area contributed by atoms with Crippen molar-refractivity contribution in [1.29, 1.82) is 0 Å². The number of nitrogens with one attached hydrogen (secondary N) is 2. The third-order valence-corrected chi connectivity index (χ3v) is 3.20. The SMILES string of the molecule is COc1ccc(-n2nc(NC(=O)c3ccccc3)[nH]c2=O)cc1. The largest absolute Gasteiger partial charge is 0.497 e. The van der Waals surface area contributed by atoms with Crippen LogP contribution in [0, 0.1) is 0 Å². The van der Waals surface area contributed by atoms with E-state index in [9.17, 15) is 9.59 Å². The number of ether oxygens (including phenoxy) is 1. The van der Waals surface area contributed by atoms with Crippen LogP contribution in [-0.4, -0.2) is 27.8 Å². The zero-order valence-electron chi connectivity index (χ0n) is 12.3. The number of rotatable bonds is 4. The number of aromatic nitrogens is 3. The number of nitrogens with zero attached hydrogens (tertiary/aromatic N) is 2. The van der Waals surface area contributed by atoms with Gasteiger partial charge < -0.3 is 4.74 Å². The molecule has 1 aromatic heterocycles. The minimum Gasteiger partial charge on any atom is -0.497 e. The third kappa shape index (κ3) is 3.13. The van der Waals surface area contributed by atoms with E-state index in [0.29, 0.717) is 17.0 Å². The van der Waals surface area contributed by atoms with Crippen LogP contribution in [0.15, 0.2) is 59.4 Å². The molecule has 7 heteroatoms. The summed E-state index contributed by atoms with van der Waals surface area (Å²) in [6.45, 7) is 0. The van der Waals surface area contributed by atoms with Gasteiger partial charge in [-0.15, -0.1) is 5.10 Å². The number of hydrogen-bond donors (Lipinski definition) is 2. The van der Waals surface area contributed by atoms with E-state index >= 15 is 0 Å². The molecular formula is C16H14N4O3. The van der Waals surface area contributed by atoms with Crippen molar-refractivity contribution in [1.82, 2.24) is 14.8 Å². The van der Waals surface area contributed by atoms with Crippen molar-refractivity contribution in [2.24, 2.45) is 0 Å². The first kappa shape index (κ1) is 14.6. The lowest BCUT2D eigenvalue weighted by Crippen LogP contribution is -2.15. The number of amides is 1. The summed E-state index contributed by atoms with van der Waals surface area (Å²) < 4.78 is 6.24. The molecule has 0 saturated heterocycles. The number of hydrogen-bond acceptors (Lipinski definition) is 4. The van der Waals surface area contributed by atoms with Crippen LogP contribution >= 0.6 is 0 Å². The average molecular weight is 310 g/mol. The molecule has 3 aromatic rings. The second-order valence-corrected chi connectivity index (χ2v) is 4.71. The number of benzene rings is 2. The van der Waals surface area contributed by atoms with E-state index in [1.54, 1.807) is 55.6 Å². The normalized spacial score (nSPS) is 10.3. The van der Waals surface area contributed by atoms with Gasteiger partial charge in [0.2, 0.25) is 5.95 Å². The minimum absolute atomic E-state index is 0.0830. The average Bonchev–Trinajstić information content (AvgIpc) is 2.96. The van der Waals surface area contributed by atoms with E-state index < -0.39 is 5.69 Å². The van der Waals surface area contributed by atoms with Crippen LogP contribution < -0.4 is 15.7 Å². The fourth-order valence-corrected chi connectivity index (χ4v) is 2.05. The fraction of sp³-hybridized carbons (Fsp3) is 0.0625. The molecule has 0 spiro atoms. The molecule has 0 bridgehead atoms. The Balaban J connectivity index is 1.83. The van der Waals surface area contributed by atoms with E-state index in [4.69, 9.17) is 4.74 Å². The predicted molar refractivity (Wildman–Crippen MR) is 85.1 cm³/mol. The van der Waals surface area contributed by atoms with Crippen LogP contribution in [0.5, 0.6) is 5.75 Å². The molecule has 7 nitrogen and oxygen atoms in total. The Kier molecular flexibility index (Phi) is 3.92. The predicted octanol–water partition coefficient (Wildman–Crippen LogP) is 1.82. The number of methoxy groups -OCH3 is 1. The van der Waals surface area contributed by atoms with Gasteiger partial charge in [0.25, 0.3) is 5.91 Å². The molecule has 2 aromatic carbocycles. The second-order valence-electron chi connectivity index (χ2n) is 4.71. The van der Waals surface area contributed by atoms with Crippen LogP contribution in [0.2, 0.25) is 0 Å². The van der Waals surface area contributed by atoms with Gasteiger partial charge in [-0.2, -0.15) is 4.68 Å². The van der Waals surface area contributed by atoms with Gasteiger partial charge >= 0.3 is 5.69 Å². The molecule has 0 saturated carbocycles. The Bertz CT molecular complexity index is 866. The lowest BCUT2D eigenvalue weighted by atomic mass is 10.2. The Morgan fingerprint density at radius 1 is 1.13 bits per heavy atom. The summed E-state index contributed by atoms with van der Waals surface area (Å²) in [5.41, 5.74) is 0.595. The Morgan fingerprint density at radius 3 is 2.48 bits per heavy atom. The topological polar surface area (TPSA) is 89.0 Å². The van der Waals surface area contributed by atoms with Crippen LogP contribution in [-0.2, 0) is 0 Å². The van der Waals surface area contributed by atoms with Crippen molar-refractivity contribution in [3.63, 3.8) is 0 Å². The Labute approximate surface area is 131 Å². The molecular weight excluding hydrogens is 296 g/mol. The van der Waals surface area contributed by atoms with Gasteiger partial charge in [-0.1, -0.05) is 18.2 Å². The molecule has 116 valence electrons. The smallest absolute Gasteiger partial charge is 0.349 e. The van der Waals surface area contributed by atoms with Crippen molar-refractivity contribution < 1.29 is 9.53 Å². The zero-order chi connectivity index (χ0) is 16.2. The van der Waals surface area contributed by atoms with Crippen molar-refractivity contribution in [2.45, 2.75) is 0 Å². The molecule has 23 heavy (non-hydrogen) atoms. The summed E-state index contributed by atoms with van der Waals surface area (Å²) >= 11 is 0. The summed E-state index contributed by atoms with van der Waals surface area (Å²) in [7, 11) is 1.56. The van der Waals surface area contributed by atoms with Crippen LogP contribution in [0.25, 0.3) is 5.69 Å². The highest BCUT2D eigenvalue weighted by Crippen LogP contribution is 2.13. The number of anilines is 1. The van der Waals surface area contributed by atoms with Crippen molar-refractivity contribution in [2.75, 3.05) is 12.4 Å². The lowest BCUT2D eigenvalue weighted by molar-refractivity contribution is 0.102. The molecule has 0 aliphatic heterocycles. The summed E-state index contributed by atoms with van der Waals surface area (Å²) in [5, 5.41) is 6.64. The molecule has 0 unspecified atom stereocenters. The molecule has 0 atom stereocenters. The second kappa shape index (κ2) is 6.18. The minimum atomic E-state index is -0.446. The fourth-order valence-electron chi connectivity index (χ4n) is 2.05. The van der Waals surface area contributed by atoms with Gasteiger partial charge in [-0.25, -0.2) is 4.79 Å². The first-order chi connectivity index (χ1) is 11.2. The van der Waals surface area contributed by atoms with Gasteiger partial charge in [0.15, 0.2) is 0 Å². The maximum atomic E-state index is 12.1. The van der Waals surface area contributed by atoms with Gasteiger partial charge in [0.1, 0.15) is 5.75 Å². The van der Waals surface area contributed by atoms with Crippen LogP contribution in [0.1, 0.15) is 10.4 Å². The lowest BCUT2D eigenvalue weighted by Gasteiger charge is -2.02. The Morgan fingerprint density at radius 2 is 1.83 bits per heavy atom. The quantitative estimate of drug-likeness (QED) is 0.769. The van der Waals surface area contributed by atoms with Crippen LogP contribution in [0.3, 0.4) is 0 Å².